The number of Topliss-reactive ketones (excluding diaryl/α,β-unsaturated/α-hetero) is 1. The summed E-state index contributed by atoms with van der Waals surface area (Å²) in [5.41, 5.74) is 0. The molecule has 0 radical (unpaired) electrons. The number of nitrogens with zero attached hydrogens (tertiary/aromatic N) is 1. The number of aliphatic hydroxyl groups excluding tert-OH is 1. The number of hydrogen-bond acceptors (Lipinski definition) is 7. The van der Waals surface area contributed by atoms with Gasteiger partial charge in [-0.25, -0.2) is 6.57 Å². The van der Waals surface area contributed by atoms with E-state index in [0.29, 0.717) is 0 Å². The molecule has 1 saturated heterocycles. The van der Waals surface area contributed by atoms with E-state index < -0.39 is 19.8 Å². The Labute approximate surface area is 160 Å². The molecule has 0 aliphatic carbocycles. The minimum atomic E-state index is -3.18. The van der Waals surface area contributed by atoms with Crippen LogP contribution in [0, 0.1) is 12.5 Å². The molecular formula is C17H29N2O7P. The second-order valence-electron chi connectivity index (χ2n) is 6.30. The van der Waals surface area contributed by atoms with E-state index in [4.69, 9.17) is 24.9 Å². The van der Waals surface area contributed by atoms with E-state index in [1.165, 1.54) is 7.05 Å². The lowest BCUT2D eigenvalue weighted by molar-refractivity contribution is -0.126. The Morgan fingerprint density at radius 2 is 2.04 bits per heavy atom. The van der Waals surface area contributed by atoms with Crippen LogP contribution in [0.15, 0.2) is 0 Å². The van der Waals surface area contributed by atoms with Crippen LogP contribution in [0.1, 0.15) is 26.7 Å². The van der Waals surface area contributed by atoms with Crippen molar-refractivity contribution in [3.8, 4) is 0 Å². The van der Waals surface area contributed by atoms with Gasteiger partial charge in [0.25, 0.3) is 7.57 Å². The van der Waals surface area contributed by atoms with Crippen molar-refractivity contribution < 1.29 is 33.0 Å². The fraction of sp³-hybridized carbons (Fsp3) is 0.765. The monoisotopic (exact) mass is 404 g/mol. The van der Waals surface area contributed by atoms with Crippen LogP contribution in [0.2, 0.25) is 0 Å². The van der Waals surface area contributed by atoms with Crippen LogP contribution in [0.4, 0.5) is 0 Å². The lowest BCUT2D eigenvalue weighted by Gasteiger charge is -2.29. The van der Waals surface area contributed by atoms with Crippen molar-refractivity contribution in [2.75, 3.05) is 33.4 Å². The summed E-state index contributed by atoms with van der Waals surface area (Å²) in [5.74, 6) is -0.563. The molecule has 1 aliphatic heterocycles. The third-order valence-corrected chi connectivity index (χ3v) is 5.96. The molecule has 27 heavy (non-hydrogen) atoms. The van der Waals surface area contributed by atoms with Crippen molar-refractivity contribution >= 4 is 25.6 Å². The molecule has 10 heteroatoms. The van der Waals surface area contributed by atoms with Gasteiger partial charge in [0.2, 0.25) is 12.5 Å². The van der Waals surface area contributed by atoms with Gasteiger partial charge >= 0.3 is 0 Å². The number of aliphatic hydroxyl groups is 1. The minimum absolute atomic E-state index is 0.0287. The van der Waals surface area contributed by atoms with E-state index >= 15 is 0 Å². The van der Waals surface area contributed by atoms with Crippen LogP contribution >= 0.6 is 7.57 Å². The average molecular weight is 404 g/mol. The number of carbonyl (C=O) groups is 2. The Balaban J connectivity index is 2.73. The van der Waals surface area contributed by atoms with Crippen molar-refractivity contribution in [1.29, 1.82) is 0 Å². The standard InChI is InChI=1S/C17H29N2O7P/c1-12-13(2)25-15(10-20)17(12)26-27(5,23-9-8-18-3)24-11-14(21)6-7-16(22)19-4/h12-13,15,17,20H,5-11H2,1-2,4H3,(H,19,22)/t12-,13-,15?,17-,27?/m0/s1. The molecule has 154 valence electrons. The molecule has 0 bridgehead atoms. The molecule has 2 N–H and O–H groups in total. The van der Waals surface area contributed by atoms with Gasteiger partial charge in [0.05, 0.1) is 18.8 Å². The van der Waals surface area contributed by atoms with Crippen LogP contribution in [-0.2, 0) is 27.9 Å². The molecule has 9 nitrogen and oxygen atoms in total. The molecular weight excluding hydrogens is 375 g/mol. The van der Waals surface area contributed by atoms with Crippen LogP contribution in [0.5, 0.6) is 0 Å². The van der Waals surface area contributed by atoms with E-state index in [0.717, 1.165) is 0 Å². The molecule has 2 unspecified atom stereocenters. The van der Waals surface area contributed by atoms with E-state index in [1.807, 2.05) is 13.8 Å². The first-order valence-electron chi connectivity index (χ1n) is 8.79. The Morgan fingerprint density at radius 3 is 2.63 bits per heavy atom. The topological polar surface area (TPSA) is 108 Å². The fourth-order valence-corrected chi connectivity index (χ4v) is 4.12. The number of nitrogens with one attached hydrogen (secondary N) is 1. The van der Waals surface area contributed by atoms with Crippen molar-refractivity contribution in [3.05, 3.63) is 11.4 Å². The van der Waals surface area contributed by atoms with Gasteiger partial charge in [0, 0.05) is 25.8 Å². The Morgan fingerprint density at radius 1 is 1.33 bits per heavy atom. The normalized spacial score (nSPS) is 26.9. The molecule has 0 aromatic rings. The van der Waals surface area contributed by atoms with E-state index in [2.05, 4.69) is 16.5 Å². The Bertz CT molecular complexity index is 592. The predicted octanol–water partition coefficient (Wildman–Crippen LogP) is 1.03. The van der Waals surface area contributed by atoms with Gasteiger partial charge in [0.15, 0.2) is 5.78 Å². The van der Waals surface area contributed by atoms with Gasteiger partial charge < -0.3 is 33.6 Å². The highest BCUT2D eigenvalue weighted by molar-refractivity contribution is 7.59. The first-order valence-corrected chi connectivity index (χ1v) is 10.5. The highest BCUT2D eigenvalue weighted by Gasteiger charge is 2.43. The predicted molar refractivity (Wildman–Crippen MR) is 101 cm³/mol. The smallest absolute Gasteiger partial charge is 0.251 e. The minimum Gasteiger partial charge on any atom is -0.394 e. The maximum Gasteiger partial charge on any atom is 0.251 e. The SMILES string of the molecule is [C-]#[N+]CCOP(=C)(OCC(=O)CCC(=O)NC)O[C@@H]1C(CO)O[C@@H](C)[C@@H]1C. The lowest BCUT2D eigenvalue weighted by Crippen LogP contribution is -2.31. The highest BCUT2D eigenvalue weighted by atomic mass is 31.2. The van der Waals surface area contributed by atoms with Crippen LogP contribution < -0.4 is 5.32 Å². The number of ketones is 1. The van der Waals surface area contributed by atoms with Gasteiger partial charge in [-0.3, -0.25) is 9.59 Å². The maximum atomic E-state index is 12.0. The van der Waals surface area contributed by atoms with Crippen LogP contribution in [0.25, 0.3) is 4.85 Å². The van der Waals surface area contributed by atoms with Gasteiger partial charge in [-0.2, -0.15) is 0 Å². The highest BCUT2D eigenvalue weighted by Crippen LogP contribution is 2.52. The van der Waals surface area contributed by atoms with E-state index in [-0.39, 0.29) is 62.9 Å². The largest absolute Gasteiger partial charge is 0.394 e. The van der Waals surface area contributed by atoms with Crippen LogP contribution in [0.3, 0.4) is 0 Å². The molecule has 1 aliphatic rings. The number of rotatable bonds is 12. The van der Waals surface area contributed by atoms with Gasteiger partial charge in [-0.1, -0.05) is 6.92 Å². The first kappa shape index (κ1) is 23.8. The summed E-state index contributed by atoms with van der Waals surface area (Å²) in [5, 5.41) is 12.0. The maximum absolute atomic E-state index is 12.0. The summed E-state index contributed by atoms with van der Waals surface area (Å²) in [6.07, 6.45) is 2.80. The lowest BCUT2D eigenvalue weighted by atomic mass is 10.00. The Kier molecular flexibility index (Phi) is 10.2. The molecule has 0 aromatic heterocycles. The molecule has 1 amide bonds. The van der Waals surface area contributed by atoms with Crippen LogP contribution in [-0.4, -0.2) is 74.8 Å². The summed E-state index contributed by atoms with van der Waals surface area (Å²) in [6, 6.07) is 0. The molecule has 5 atom stereocenters. The average Bonchev–Trinajstić information content (AvgIpc) is 2.92. The van der Waals surface area contributed by atoms with Crippen molar-refractivity contribution in [2.24, 2.45) is 5.92 Å². The van der Waals surface area contributed by atoms with Crippen molar-refractivity contribution in [2.45, 2.75) is 45.0 Å². The summed E-state index contributed by atoms with van der Waals surface area (Å²) < 4.78 is 22.8. The van der Waals surface area contributed by atoms with Gasteiger partial charge in [-0.15, -0.1) is 0 Å². The second-order valence-corrected chi connectivity index (χ2v) is 8.25. The third kappa shape index (κ3) is 7.70. The number of carbonyl (C=O) groups excluding carboxylic acids is 2. The number of ether oxygens (including phenoxy) is 1. The third-order valence-electron chi connectivity index (χ3n) is 4.30. The second kappa shape index (κ2) is 11.5. The zero-order valence-electron chi connectivity index (χ0n) is 16.1. The first-order chi connectivity index (χ1) is 12.8. The summed E-state index contributed by atoms with van der Waals surface area (Å²) >= 11 is 0. The fourth-order valence-electron chi connectivity index (χ4n) is 2.52. The molecule has 1 fully saturated rings. The van der Waals surface area contributed by atoms with E-state index in [1.54, 1.807) is 0 Å². The molecule has 1 heterocycles. The van der Waals surface area contributed by atoms with Crippen molar-refractivity contribution in [1.82, 2.24) is 5.32 Å². The van der Waals surface area contributed by atoms with Gasteiger partial charge in [0.1, 0.15) is 19.3 Å². The quantitative estimate of drug-likeness (QED) is 0.284. The zero-order chi connectivity index (χ0) is 20.4. The molecule has 0 aromatic carbocycles. The van der Waals surface area contributed by atoms with Gasteiger partial charge in [-0.05, 0) is 13.2 Å². The summed E-state index contributed by atoms with van der Waals surface area (Å²) in [7, 11) is -1.68. The Hall–Kier alpha value is -1.27. The molecule has 1 rings (SSSR count). The number of amides is 1. The summed E-state index contributed by atoms with van der Waals surface area (Å²) in [6.45, 7) is 10.3. The van der Waals surface area contributed by atoms with E-state index in [9.17, 15) is 14.7 Å². The summed E-state index contributed by atoms with van der Waals surface area (Å²) in [4.78, 5) is 26.4. The van der Waals surface area contributed by atoms with Crippen molar-refractivity contribution in [3.63, 3.8) is 0 Å². The molecule has 0 saturated carbocycles. The molecule has 0 spiro atoms. The number of hydrogen-bond donors (Lipinski definition) is 2. The zero-order valence-corrected chi connectivity index (χ0v) is 16.9.